The maximum Gasteiger partial charge on any atom is 0.175 e. The predicted octanol–water partition coefficient (Wildman–Crippen LogP) is 3.23. The maximum atomic E-state index is 11.5. The van der Waals surface area contributed by atoms with Gasteiger partial charge >= 0.3 is 0 Å². The summed E-state index contributed by atoms with van der Waals surface area (Å²) in [4.78, 5) is 2.81. The first-order valence-corrected chi connectivity index (χ1v) is 9.66. The third-order valence-corrected chi connectivity index (χ3v) is 5.25. The molecule has 106 valence electrons. The van der Waals surface area contributed by atoms with Crippen LogP contribution in [0.4, 0.5) is 5.69 Å². The molecule has 19 heavy (non-hydrogen) atoms. The highest BCUT2D eigenvalue weighted by molar-refractivity contribution is 9.09. The Hall–Kier alpha value is -0.550. The Morgan fingerprint density at radius 1 is 1.26 bits per heavy atom. The average molecular weight is 346 g/mol. The molecule has 0 saturated carbocycles. The zero-order valence-corrected chi connectivity index (χ0v) is 13.6. The van der Waals surface area contributed by atoms with Crippen molar-refractivity contribution in [1.29, 1.82) is 0 Å². The summed E-state index contributed by atoms with van der Waals surface area (Å²) in [5.74, 6) is 0. The largest absolute Gasteiger partial charge is 0.369 e. The van der Waals surface area contributed by atoms with Crippen molar-refractivity contribution >= 4 is 31.5 Å². The standard InChI is InChI=1S/C14H20BrNO2S/c1-19(17,18)14-7-5-13(6-8-14)16-11-3-2-4-12(16)9-10-15/h5-8,12H,2-4,9-11H2,1H3. The minimum absolute atomic E-state index is 0.394. The smallest absolute Gasteiger partial charge is 0.175 e. The van der Waals surface area contributed by atoms with Crippen molar-refractivity contribution in [2.24, 2.45) is 0 Å². The normalized spacial score (nSPS) is 20.5. The Morgan fingerprint density at radius 2 is 1.95 bits per heavy atom. The molecule has 1 aromatic rings. The number of hydrogen-bond acceptors (Lipinski definition) is 3. The highest BCUT2D eigenvalue weighted by Gasteiger charge is 2.22. The van der Waals surface area contributed by atoms with Gasteiger partial charge in [0.25, 0.3) is 0 Å². The lowest BCUT2D eigenvalue weighted by Crippen LogP contribution is -2.39. The zero-order chi connectivity index (χ0) is 13.9. The summed E-state index contributed by atoms with van der Waals surface area (Å²) in [5, 5.41) is 1.01. The molecule has 1 fully saturated rings. The van der Waals surface area contributed by atoms with Crippen molar-refractivity contribution < 1.29 is 8.42 Å². The Labute approximate surface area is 124 Å². The number of sulfone groups is 1. The number of anilines is 1. The number of alkyl halides is 1. The van der Waals surface area contributed by atoms with E-state index in [0.29, 0.717) is 10.9 Å². The van der Waals surface area contributed by atoms with Crippen molar-refractivity contribution in [3.63, 3.8) is 0 Å². The highest BCUT2D eigenvalue weighted by atomic mass is 79.9. The maximum absolute atomic E-state index is 11.5. The highest BCUT2D eigenvalue weighted by Crippen LogP contribution is 2.27. The zero-order valence-electron chi connectivity index (χ0n) is 11.2. The van der Waals surface area contributed by atoms with Crippen molar-refractivity contribution in [3.05, 3.63) is 24.3 Å². The SMILES string of the molecule is CS(=O)(=O)c1ccc(N2CCCCC2CCBr)cc1. The molecule has 1 atom stereocenters. The number of hydrogen-bond donors (Lipinski definition) is 0. The molecule has 1 heterocycles. The minimum atomic E-state index is -3.10. The van der Waals surface area contributed by atoms with Crippen molar-refractivity contribution in [2.45, 2.75) is 36.6 Å². The lowest BCUT2D eigenvalue weighted by molar-refractivity contribution is 0.452. The van der Waals surface area contributed by atoms with E-state index in [-0.39, 0.29) is 0 Å². The first-order chi connectivity index (χ1) is 9.02. The van der Waals surface area contributed by atoms with Crippen LogP contribution in [0, 0.1) is 0 Å². The van der Waals surface area contributed by atoms with Crippen LogP contribution in [0.15, 0.2) is 29.2 Å². The molecule has 0 spiro atoms. The first-order valence-electron chi connectivity index (χ1n) is 6.65. The van der Waals surface area contributed by atoms with E-state index in [0.717, 1.165) is 24.0 Å². The summed E-state index contributed by atoms with van der Waals surface area (Å²) in [6, 6.07) is 7.86. The molecule has 0 radical (unpaired) electrons. The van der Waals surface area contributed by atoms with Gasteiger partial charge in [-0.15, -0.1) is 0 Å². The lowest BCUT2D eigenvalue weighted by atomic mass is 9.99. The summed E-state index contributed by atoms with van der Waals surface area (Å²) in [7, 11) is -3.10. The molecule has 0 N–H and O–H groups in total. The van der Waals surface area contributed by atoms with Crippen LogP contribution in [-0.2, 0) is 9.84 Å². The van der Waals surface area contributed by atoms with Gasteiger partial charge in [-0.05, 0) is 49.9 Å². The number of halogens is 1. The van der Waals surface area contributed by atoms with Crippen molar-refractivity contribution in [1.82, 2.24) is 0 Å². The molecule has 0 amide bonds. The first kappa shape index (κ1) is 14.9. The second-order valence-electron chi connectivity index (χ2n) is 5.09. The van der Waals surface area contributed by atoms with E-state index in [1.807, 2.05) is 12.1 Å². The van der Waals surface area contributed by atoms with Gasteiger partial charge in [0.05, 0.1) is 4.90 Å². The van der Waals surface area contributed by atoms with E-state index in [9.17, 15) is 8.42 Å². The van der Waals surface area contributed by atoms with Crippen molar-refractivity contribution in [2.75, 3.05) is 23.0 Å². The van der Waals surface area contributed by atoms with E-state index >= 15 is 0 Å². The molecule has 1 aliphatic heterocycles. The molecule has 0 bridgehead atoms. The molecule has 1 unspecified atom stereocenters. The van der Waals surface area contributed by atoms with Gasteiger partial charge in [0.1, 0.15) is 0 Å². The van der Waals surface area contributed by atoms with Gasteiger partial charge in [0.2, 0.25) is 0 Å². The molecule has 1 aliphatic rings. The molecule has 2 rings (SSSR count). The summed E-state index contributed by atoms with van der Waals surface area (Å²) < 4.78 is 22.9. The summed E-state index contributed by atoms with van der Waals surface area (Å²) in [5.41, 5.74) is 1.14. The van der Waals surface area contributed by atoms with E-state index in [1.54, 1.807) is 12.1 Å². The Balaban J connectivity index is 2.20. The molecule has 1 aromatic carbocycles. The van der Waals surface area contributed by atoms with E-state index < -0.39 is 9.84 Å². The van der Waals surface area contributed by atoms with Gasteiger partial charge in [0.15, 0.2) is 9.84 Å². The van der Waals surface area contributed by atoms with Gasteiger partial charge in [-0.1, -0.05) is 15.9 Å². The fourth-order valence-corrected chi connectivity index (χ4v) is 3.81. The second-order valence-corrected chi connectivity index (χ2v) is 7.90. The van der Waals surface area contributed by atoms with Gasteiger partial charge in [-0.25, -0.2) is 8.42 Å². The molecule has 0 aromatic heterocycles. The van der Waals surface area contributed by atoms with E-state index in [2.05, 4.69) is 20.8 Å². The van der Waals surface area contributed by atoms with E-state index in [4.69, 9.17) is 0 Å². The van der Waals surface area contributed by atoms with Gasteiger partial charge in [-0.3, -0.25) is 0 Å². The average Bonchev–Trinajstić information content (AvgIpc) is 2.39. The topological polar surface area (TPSA) is 37.4 Å². The Bertz CT molecular complexity index is 511. The number of nitrogens with zero attached hydrogens (tertiary/aromatic N) is 1. The van der Waals surface area contributed by atoms with Crippen LogP contribution < -0.4 is 4.90 Å². The van der Waals surface area contributed by atoms with Crippen LogP contribution in [0.5, 0.6) is 0 Å². The number of benzene rings is 1. The molecule has 3 nitrogen and oxygen atoms in total. The third kappa shape index (κ3) is 3.72. The number of rotatable bonds is 4. The van der Waals surface area contributed by atoms with Gasteiger partial charge in [0, 0.05) is 29.9 Å². The summed E-state index contributed by atoms with van der Waals surface area (Å²) in [6.45, 7) is 1.07. The van der Waals surface area contributed by atoms with Crippen LogP contribution in [0.3, 0.4) is 0 Å². The van der Waals surface area contributed by atoms with Gasteiger partial charge < -0.3 is 4.90 Å². The molecule has 5 heteroatoms. The molecule has 1 saturated heterocycles. The monoisotopic (exact) mass is 345 g/mol. The van der Waals surface area contributed by atoms with Crippen LogP contribution in [0.1, 0.15) is 25.7 Å². The Kier molecular flexibility index (Phi) is 4.90. The summed E-state index contributed by atoms with van der Waals surface area (Å²) >= 11 is 3.52. The fraction of sp³-hybridized carbons (Fsp3) is 0.571. The molecular weight excluding hydrogens is 326 g/mol. The Morgan fingerprint density at radius 3 is 2.53 bits per heavy atom. The van der Waals surface area contributed by atoms with Crippen molar-refractivity contribution in [3.8, 4) is 0 Å². The molecule has 0 aliphatic carbocycles. The van der Waals surface area contributed by atoms with Crippen LogP contribution in [0.2, 0.25) is 0 Å². The quantitative estimate of drug-likeness (QED) is 0.786. The van der Waals surface area contributed by atoms with Gasteiger partial charge in [-0.2, -0.15) is 0 Å². The van der Waals surface area contributed by atoms with E-state index in [1.165, 1.54) is 25.5 Å². The fourth-order valence-electron chi connectivity index (χ4n) is 2.65. The summed E-state index contributed by atoms with van der Waals surface area (Å²) in [6.07, 6.45) is 6.10. The predicted molar refractivity (Wildman–Crippen MR) is 82.9 cm³/mol. The van der Waals surface area contributed by atoms with Crippen LogP contribution >= 0.6 is 15.9 Å². The van der Waals surface area contributed by atoms with Crippen LogP contribution in [-0.4, -0.2) is 32.6 Å². The van der Waals surface area contributed by atoms with Crippen LogP contribution in [0.25, 0.3) is 0 Å². The number of piperidine rings is 1. The lowest BCUT2D eigenvalue weighted by Gasteiger charge is -2.37. The third-order valence-electron chi connectivity index (χ3n) is 3.67. The molecular formula is C14H20BrNO2S. The second kappa shape index (κ2) is 6.27. The minimum Gasteiger partial charge on any atom is -0.369 e.